The number of thiol groups is 1. The fourth-order valence-electron chi connectivity index (χ4n) is 5.89. The summed E-state index contributed by atoms with van der Waals surface area (Å²) in [5.41, 5.74) is 16.2. The Morgan fingerprint density at radius 1 is 0.739 bits per heavy atom. The van der Waals surface area contributed by atoms with E-state index in [9.17, 15) is 5.26 Å². The summed E-state index contributed by atoms with van der Waals surface area (Å²) in [7, 11) is 0. The molecule has 1 unspecified atom stereocenters. The lowest BCUT2D eigenvalue weighted by Gasteiger charge is -2.11. The highest BCUT2D eigenvalue weighted by Crippen LogP contribution is 2.36. The molecule has 220 valence electrons. The van der Waals surface area contributed by atoms with Crippen LogP contribution in [-0.4, -0.2) is 10.8 Å². The van der Waals surface area contributed by atoms with Gasteiger partial charge in [0.2, 0.25) is 0 Å². The minimum atomic E-state index is -0.351. The van der Waals surface area contributed by atoms with Crippen LogP contribution in [0.15, 0.2) is 162 Å². The van der Waals surface area contributed by atoms with E-state index in [2.05, 4.69) is 83.4 Å². The Balaban J connectivity index is 1.27. The van der Waals surface area contributed by atoms with Gasteiger partial charge in [0.25, 0.3) is 0 Å². The molecule has 0 saturated carbocycles. The van der Waals surface area contributed by atoms with Gasteiger partial charge in [-0.25, -0.2) is 0 Å². The smallest absolute Gasteiger partial charge is 0.0991 e. The standard InChI is InChI=1S/C41H30N4S/c42-26-29-9-8-12-32(23-29)38(25-37(43)30-10-2-1-3-11-30)44-27-28-17-20-33(21-18-28)45-39-15-6-4-14-35(39)36-22-19-31(24-40(36)45)34-13-5-7-16-41(34)46/h1-25,27,37,46H,43H2/b38-25-,44-27?. The first kappa shape index (κ1) is 29.1. The first-order valence-electron chi connectivity index (χ1n) is 15.1. The molecule has 46 heavy (non-hydrogen) atoms. The van der Waals surface area contributed by atoms with E-state index in [0.717, 1.165) is 49.4 Å². The van der Waals surface area contributed by atoms with Crippen LogP contribution in [0.4, 0.5) is 0 Å². The zero-order valence-electron chi connectivity index (χ0n) is 25.0. The molecular formula is C41H30N4S. The zero-order chi connectivity index (χ0) is 31.5. The molecule has 0 radical (unpaired) electrons. The number of aromatic nitrogens is 1. The number of fused-ring (bicyclic) bond motifs is 3. The van der Waals surface area contributed by atoms with Crippen molar-refractivity contribution in [1.29, 1.82) is 5.26 Å². The Morgan fingerprint density at radius 3 is 2.28 bits per heavy atom. The van der Waals surface area contributed by atoms with E-state index in [1.807, 2.05) is 79.0 Å². The van der Waals surface area contributed by atoms with Crippen LogP contribution in [-0.2, 0) is 0 Å². The van der Waals surface area contributed by atoms with Crippen LogP contribution in [0.5, 0.6) is 0 Å². The number of aliphatic imine (C=N–C) groups is 1. The lowest BCUT2D eigenvalue weighted by atomic mass is 10.0. The summed E-state index contributed by atoms with van der Waals surface area (Å²) in [5, 5.41) is 11.9. The normalized spacial score (nSPS) is 12.5. The summed E-state index contributed by atoms with van der Waals surface area (Å²) in [6.45, 7) is 0. The first-order valence-corrected chi connectivity index (χ1v) is 15.5. The number of rotatable bonds is 7. The maximum Gasteiger partial charge on any atom is 0.0991 e. The molecule has 0 spiro atoms. The number of hydrogen-bond acceptors (Lipinski definition) is 4. The second kappa shape index (κ2) is 12.7. The molecule has 0 aliphatic heterocycles. The van der Waals surface area contributed by atoms with Crippen molar-refractivity contribution in [1.82, 2.24) is 4.57 Å². The van der Waals surface area contributed by atoms with Crippen molar-refractivity contribution >= 4 is 46.3 Å². The van der Waals surface area contributed by atoms with Gasteiger partial charge in [0.1, 0.15) is 0 Å². The summed E-state index contributed by atoms with van der Waals surface area (Å²) >= 11 is 4.72. The average molecular weight is 611 g/mol. The molecule has 0 aliphatic carbocycles. The largest absolute Gasteiger partial charge is 0.321 e. The predicted octanol–water partition coefficient (Wildman–Crippen LogP) is 9.77. The number of hydrogen-bond donors (Lipinski definition) is 2. The lowest BCUT2D eigenvalue weighted by molar-refractivity contribution is 0.911. The SMILES string of the molecule is N#Cc1cccc(/C(=C/C(N)c2ccccc2)N=Cc2ccc(-n3c4ccccc4c4ccc(-c5ccccc5S)cc43)cc2)c1. The second-order valence-corrected chi connectivity index (χ2v) is 11.6. The van der Waals surface area contributed by atoms with Crippen molar-refractivity contribution in [2.45, 2.75) is 10.9 Å². The van der Waals surface area contributed by atoms with Crippen molar-refractivity contribution in [3.63, 3.8) is 0 Å². The third kappa shape index (κ3) is 5.76. The van der Waals surface area contributed by atoms with Gasteiger partial charge in [-0.1, -0.05) is 103 Å². The van der Waals surface area contributed by atoms with Crippen LogP contribution in [0.1, 0.15) is 28.3 Å². The van der Waals surface area contributed by atoms with Gasteiger partial charge in [0, 0.05) is 33.1 Å². The lowest BCUT2D eigenvalue weighted by Crippen LogP contribution is -2.07. The molecule has 7 aromatic rings. The minimum absolute atomic E-state index is 0.351. The van der Waals surface area contributed by atoms with Gasteiger partial charge in [-0.05, 0) is 70.8 Å². The van der Waals surface area contributed by atoms with E-state index >= 15 is 0 Å². The summed E-state index contributed by atoms with van der Waals surface area (Å²) < 4.78 is 2.31. The Bertz CT molecular complexity index is 2290. The van der Waals surface area contributed by atoms with Gasteiger partial charge in [0.15, 0.2) is 0 Å². The van der Waals surface area contributed by atoms with Crippen LogP contribution < -0.4 is 5.73 Å². The van der Waals surface area contributed by atoms with Crippen LogP contribution in [0.2, 0.25) is 0 Å². The van der Waals surface area contributed by atoms with Crippen molar-refractivity contribution in [3.05, 3.63) is 174 Å². The maximum atomic E-state index is 9.50. The average Bonchev–Trinajstić information content (AvgIpc) is 3.44. The van der Waals surface area contributed by atoms with Gasteiger partial charge in [0.05, 0.1) is 34.4 Å². The van der Waals surface area contributed by atoms with Crippen LogP contribution in [0.25, 0.3) is 44.3 Å². The number of benzene rings is 6. The third-order valence-electron chi connectivity index (χ3n) is 8.20. The Labute approximate surface area is 273 Å². The summed E-state index contributed by atoms with van der Waals surface area (Å²) in [6, 6.07) is 51.0. The van der Waals surface area contributed by atoms with E-state index in [0.29, 0.717) is 11.3 Å². The van der Waals surface area contributed by atoms with Crippen molar-refractivity contribution in [3.8, 4) is 22.9 Å². The molecule has 6 aromatic carbocycles. The Hall–Kier alpha value is -5.67. The molecule has 1 heterocycles. The predicted molar refractivity (Wildman–Crippen MR) is 194 cm³/mol. The quantitative estimate of drug-likeness (QED) is 0.139. The number of nitrogens with zero attached hydrogens (tertiary/aromatic N) is 3. The minimum Gasteiger partial charge on any atom is -0.321 e. The number of para-hydroxylation sites is 1. The van der Waals surface area contributed by atoms with Crippen LogP contribution in [0, 0.1) is 11.3 Å². The Kier molecular flexibility index (Phi) is 8.05. The molecule has 7 rings (SSSR count). The van der Waals surface area contributed by atoms with Crippen molar-refractivity contribution < 1.29 is 0 Å². The van der Waals surface area contributed by atoms with Gasteiger partial charge in [-0.3, -0.25) is 4.99 Å². The highest BCUT2D eigenvalue weighted by atomic mass is 32.1. The number of nitrogens with two attached hydrogens (primary N) is 1. The third-order valence-corrected chi connectivity index (χ3v) is 8.59. The molecule has 0 saturated heterocycles. The molecular weight excluding hydrogens is 581 g/mol. The molecule has 5 heteroatoms. The fourth-order valence-corrected chi connectivity index (χ4v) is 6.18. The highest BCUT2D eigenvalue weighted by Gasteiger charge is 2.14. The van der Waals surface area contributed by atoms with Crippen LogP contribution >= 0.6 is 12.6 Å². The topological polar surface area (TPSA) is 67.1 Å². The second-order valence-electron chi connectivity index (χ2n) is 11.1. The summed E-state index contributed by atoms with van der Waals surface area (Å²) in [5.74, 6) is 0. The van der Waals surface area contributed by atoms with E-state index in [1.165, 1.54) is 10.8 Å². The zero-order valence-corrected chi connectivity index (χ0v) is 25.8. The van der Waals surface area contributed by atoms with E-state index in [4.69, 9.17) is 23.4 Å². The molecule has 0 fully saturated rings. The molecule has 0 aliphatic rings. The molecule has 1 atom stereocenters. The van der Waals surface area contributed by atoms with Gasteiger partial charge >= 0.3 is 0 Å². The monoisotopic (exact) mass is 610 g/mol. The van der Waals surface area contributed by atoms with E-state index in [1.54, 1.807) is 6.07 Å². The summed E-state index contributed by atoms with van der Waals surface area (Å²) in [6.07, 6.45) is 3.79. The van der Waals surface area contributed by atoms with E-state index in [-0.39, 0.29) is 6.04 Å². The fraction of sp³-hybridized carbons (Fsp3) is 0.0244. The molecule has 1 aromatic heterocycles. The number of nitriles is 1. The summed E-state index contributed by atoms with van der Waals surface area (Å²) in [4.78, 5) is 5.83. The molecule has 2 N–H and O–H groups in total. The van der Waals surface area contributed by atoms with Crippen molar-refractivity contribution in [2.75, 3.05) is 0 Å². The van der Waals surface area contributed by atoms with Gasteiger partial charge in [-0.2, -0.15) is 5.26 Å². The first-order chi connectivity index (χ1) is 22.6. The van der Waals surface area contributed by atoms with E-state index < -0.39 is 0 Å². The van der Waals surface area contributed by atoms with Crippen molar-refractivity contribution in [2.24, 2.45) is 10.7 Å². The highest BCUT2D eigenvalue weighted by molar-refractivity contribution is 7.80. The maximum absolute atomic E-state index is 9.50. The Morgan fingerprint density at radius 2 is 1.48 bits per heavy atom. The van der Waals surface area contributed by atoms with Gasteiger partial charge < -0.3 is 10.3 Å². The molecule has 0 bridgehead atoms. The molecule has 4 nitrogen and oxygen atoms in total. The molecule has 0 amide bonds. The van der Waals surface area contributed by atoms with Crippen LogP contribution in [0.3, 0.4) is 0 Å². The van der Waals surface area contributed by atoms with Gasteiger partial charge in [-0.15, -0.1) is 12.6 Å².